The third-order valence-electron chi connectivity index (χ3n) is 3.33. The lowest BCUT2D eigenvalue weighted by Crippen LogP contribution is -2.53. The fourth-order valence-electron chi connectivity index (χ4n) is 2.22. The van der Waals surface area contributed by atoms with Gasteiger partial charge in [-0.2, -0.15) is 0 Å². The molecule has 0 aromatic carbocycles. The quantitative estimate of drug-likeness (QED) is 0.825. The smallest absolute Gasteiger partial charge is 0.226 e. The first-order valence-corrected chi connectivity index (χ1v) is 6.69. The highest BCUT2D eigenvalue weighted by Crippen LogP contribution is 2.10. The average Bonchev–Trinajstić information content (AvgIpc) is 2.37. The van der Waals surface area contributed by atoms with Crippen molar-refractivity contribution in [2.45, 2.75) is 20.8 Å². The first-order valence-electron chi connectivity index (χ1n) is 6.69. The van der Waals surface area contributed by atoms with Gasteiger partial charge < -0.3 is 15.1 Å². The maximum atomic E-state index is 12.1. The lowest BCUT2D eigenvalue weighted by molar-refractivity contribution is -0.143. The number of nitrogens with zero attached hydrogens (tertiary/aromatic N) is 2. The maximum absolute atomic E-state index is 12.1. The Morgan fingerprint density at radius 1 is 1.00 bits per heavy atom. The normalized spacial score (nSPS) is 17.1. The van der Waals surface area contributed by atoms with E-state index in [1.165, 1.54) is 0 Å². The van der Waals surface area contributed by atoms with Crippen molar-refractivity contribution in [2.75, 3.05) is 39.8 Å². The molecule has 0 aromatic heterocycles. The second-order valence-corrected chi connectivity index (χ2v) is 5.26. The van der Waals surface area contributed by atoms with Gasteiger partial charge >= 0.3 is 0 Å². The van der Waals surface area contributed by atoms with E-state index in [9.17, 15) is 9.59 Å². The largest absolute Gasteiger partial charge is 0.339 e. The first-order chi connectivity index (χ1) is 8.47. The van der Waals surface area contributed by atoms with Crippen molar-refractivity contribution in [3.05, 3.63) is 0 Å². The Bertz CT molecular complexity index is 302. The number of piperazine rings is 1. The Balaban J connectivity index is 0.00000324. The van der Waals surface area contributed by atoms with Crippen LogP contribution in [0.25, 0.3) is 0 Å². The zero-order chi connectivity index (χ0) is 13.7. The molecule has 0 spiro atoms. The Hall–Kier alpha value is -0.810. The summed E-state index contributed by atoms with van der Waals surface area (Å²) >= 11 is 0. The SMILES string of the molecule is CNCC(C)C(=O)N1CCN(C(=O)C(C)C)CC1.Cl. The molecule has 1 atom stereocenters. The molecule has 1 rings (SSSR count). The summed E-state index contributed by atoms with van der Waals surface area (Å²) in [5.74, 6) is 0.407. The molecule has 1 saturated heterocycles. The van der Waals surface area contributed by atoms with Gasteiger partial charge in [0.15, 0.2) is 0 Å². The lowest BCUT2D eigenvalue weighted by atomic mass is 10.1. The van der Waals surface area contributed by atoms with Crippen LogP contribution in [0.1, 0.15) is 20.8 Å². The van der Waals surface area contributed by atoms with Crippen LogP contribution in [0.2, 0.25) is 0 Å². The number of hydrogen-bond acceptors (Lipinski definition) is 3. The van der Waals surface area contributed by atoms with E-state index in [1.54, 1.807) is 0 Å². The number of amides is 2. The maximum Gasteiger partial charge on any atom is 0.226 e. The van der Waals surface area contributed by atoms with Gasteiger partial charge in [0.25, 0.3) is 0 Å². The molecule has 1 fully saturated rings. The zero-order valence-corrected chi connectivity index (χ0v) is 13.1. The van der Waals surface area contributed by atoms with Gasteiger partial charge in [-0.3, -0.25) is 9.59 Å². The first kappa shape index (κ1) is 18.2. The molecular weight excluding hydrogens is 266 g/mol. The molecule has 19 heavy (non-hydrogen) atoms. The van der Waals surface area contributed by atoms with Crippen LogP contribution in [-0.4, -0.2) is 61.4 Å². The van der Waals surface area contributed by atoms with Crippen LogP contribution < -0.4 is 5.32 Å². The summed E-state index contributed by atoms with van der Waals surface area (Å²) in [6.07, 6.45) is 0. The minimum atomic E-state index is 0. The monoisotopic (exact) mass is 291 g/mol. The Labute approximate surface area is 122 Å². The highest BCUT2D eigenvalue weighted by Gasteiger charge is 2.27. The number of carbonyl (C=O) groups is 2. The van der Waals surface area contributed by atoms with E-state index < -0.39 is 0 Å². The number of halogens is 1. The molecule has 5 nitrogen and oxygen atoms in total. The summed E-state index contributed by atoms with van der Waals surface area (Å²) in [5.41, 5.74) is 0. The second kappa shape index (κ2) is 8.38. The molecule has 0 saturated carbocycles. The highest BCUT2D eigenvalue weighted by atomic mass is 35.5. The number of hydrogen-bond donors (Lipinski definition) is 1. The van der Waals surface area contributed by atoms with Crippen molar-refractivity contribution < 1.29 is 9.59 Å². The van der Waals surface area contributed by atoms with Gasteiger partial charge in [0.2, 0.25) is 11.8 Å². The van der Waals surface area contributed by atoms with E-state index in [0.717, 1.165) is 0 Å². The Morgan fingerprint density at radius 2 is 1.42 bits per heavy atom. The van der Waals surface area contributed by atoms with E-state index in [4.69, 9.17) is 0 Å². The molecule has 0 bridgehead atoms. The van der Waals surface area contributed by atoms with E-state index in [2.05, 4.69) is 5.32 Å². The lowest BCUT2D eigenvalue weighted by Gasteiger charge is -2.36. The molecule has 1 N–H and O–H groups in total. The fourth-order valence-corrected chi connectivity index (χ4v) is 2.22. The van der Waals surface area contributed by atoms with Gasteiger partial charge in [-0.1, -0.05) is 20.8 Å². The van der Waals surface area contributed by atoms with Crippen molar-refractivity contribution in [1.29, 1.82) is 0 Å². The summed E-state index contributed by atoms with van der Waals surface area (Å²) in [6, 6.07) is 0. The van der Waals surface area contributed by atoms with E-state index in [0.29, 0.717) is 32.7 Å². The van der Waals surface area contributed by atoms with Gasteiger partial charge in [0, 0.05) is 44.6 Å². The van der Waals surface area contributed by atoms with Crippen LogP contribution in [0.15, 0.2) is 0 Å². The highest BCUT2D eigenvalue weighted by molar-refractivity contribution is 5.85. The van der Waals surface area contributed by atoms with Crippen LogP contribution in [-0.2, 0) is 9.59 Å². The third kappa shape index (κ3) is 4.99. The molecule has 1 heterocycles. The van der Waals surface area contributed by atoms with Crippen LogP contribution in [0.3, 0.4) is 0 Å². The molecule has 112 valence electrons. The second-order valence-electron chi connectivity index (χ2n) is 5.26. The van der Waals surface area contributed by atoms with Gasteiger partial charge in [-0.15, -0.1) is 12.4 Å². The van der Waals surface area contributed by atoms with Gasteiger partial charge in [-0.05, 0) is 7.05 Å². The molecular formula is C13H26ClN3O2. The summed E-state index contributed by atoms with van der Waals surface area (Å²) in [4.78, 5) is 27.6. The van der Waals surface area contributed by atoms with E-state index >= 15 is 0 Å². The minimum absolute atomic E-state index is 0. The molecule has 6 heteroatoms. The van der Waals surface area contributed by atoms with Crippen molar-refractivity contribution in [3.63, 3.8) is 0 Å². The molecule has 1 aliphatic rings. The molecule has 2 amide bonds. The number of carbonyl (C=O) groups excluding carboxylic acids is 2. The van der Waals surface area contributed by atoms with E-state index in [1.807, 2.05) is 37.6 Å². The average molecular weight is 292 g/mol. The van der Waals surface area contributed by atoms with Crippen LogP contribution in [0.5, 0.6) is 0 Å². The Kier molecular flexibility index (Phi) is 8.02. The topological polar surface area (TPSA) is 52.7 Å². The summed E-state index contributed by atoms with van der Waals surface area (Å²) < 4.78 is 0. The molecule has 0 radical (unpaired) electrons. The zero-order valence-electron chi connectivity index (χ0n) is 12.3. The van der Waals surface area contributed by atoms with Crippen LogP contribution in [0.4, 0.5) is 0 Å². The van der Waals surface area contributed by atoms with Gasteiger partial charge in [0.1, 0.15) is 0 Å². The fraction of sp³-hybridized carbons (Fsp3) is 0.846. The van der Waals surface area contributed by atoms with Crippen molar-refractivity contribution in [3.8, 4) is 0 Å². The standard InChI is InChI=1S/C13H25N3O2.ClH/c1-10(2)12(17)15-5-7-16(8-6-15)13(18)11(3)9-14-4;/h10-11,14H,5-9H2,1-4H3;1H. The molecule has 1 unspecified atom stereocenters. The number of rotatable bonds is 4. The minimum Gasteiger partial charge on any atom is -0.339 e. The van der Waals surface area contributed by atoms with E-state index in [-0.39, 0.29) is 36.1 Å². The summed E-state index contributed by atoms with van der Waals surface area (Å²) in [5, 5.41) is 3.02. The predicted molar refractivity (Wildman–Crippen MR) is 78.3 cm³/mol. The van der Waals surface area contributed by atoms with Crippen LogP contribution in [0, 0.1) is 11.8 Å². The Morgan fingerprint density at radius 3 is 1.79 bits per heavy atom. The molecule has 1 aliphatic heterocycles. The number of nitrogens with one attached hydrogen (secondary N) is 1. The summed E-state index contributed by atoms with van der Waals surface area (Å²) in [6.45, 7) is 9.10. The third-order valence-corrected chi connectivity index (χ3v) is 3.33. The van der Waals surface area contributed by atoms with Crippen molar-refractivity contribution >= 4 is 24.2 Å². The van der Waals surface area contributed by atoms with Crippen LogP contribution >= 0.6 is 12.4 Å². The van der Waals surface area contributed by atoms with Crippen molar-refractivity contribution in [2.24, 2.45) is 11.8 Å². The van der Waals surface area contributed by atoms with Crippen molar-refractivity contribution in [1.82, 2.24) is 15.1 Å². The van der Waals surface area contributed by atoms with Gasteiger partial charge in [0.05, 0.1) is 0 Å². The molecule has 0 aliphatic carbocycles. The summed E-state index contributed by atoms with van der Waals surface area (Å²) in [7, 11) is 1.85. The predicted octanol–water partition coefficient (Wildman–Crippen LogP) is 0.591. The van der Waals surface area contributed by atoms with Gasteiger partial charge in [-0.25, -0.2) is 0 Å². The molecule has 0 aromatic rings.